The Bertz CT molecular complexity index is 690. The fourth-order valence-electron chi connectivity index (χ4n) is 3.11. The molecule has 2 aromatic carbocycles. The number of para-hydroxylation sites is 2. The van der Waals surface area contributed by atoms with E-state index in [1.54, 1.807) is 0 Å². The van der Waals surface area contributed by atoms with Crippen LogP contribution >= 0.6 is 0 Å². The summed E-state index contributed by atoms with van der Waals surface area (Å²) in [6.07, 6.45) is 1.40. The summed E-state index contributed by atoms with van der Waals surface area (Å²) in [7, 11) is 0. The number of anilines is 1. The van der Waals surface area contributed by atoms with E-state index in [1.807, 2.05) is 59.5 Å². The molecule has 2 N–H and O–H groups in total. The van der Waals surface area contributed by atoms with Crippen LogP contribution in [0.5, 0.6) is 5.75 Å². The van der Waals surface area contributed by atoms with Gasteiger partial charge in [-0.1, -0.05) is 36.4 Å². The molecule has 1 aliphatic heterocycles. The van der Waals surface area contributed by atoms with Gasteiger partial charge in [-0.05, 0) is 24.6 Å². The molecule has 1 amide bonds. The molecule has 0 aromatic heterocycles. The van der Waals surface area contributed by atoms with E-state index in [-0.39, 0.29) is 25.1 Å². The Morgan fingerprint density at radius 3 is 2.72 bits per heavy atom. The van der Waals surface area contributed by atoms with Gasteiger partial charge in [0.1, 0.15) is 5.75 Å². The second kappa shape index (κ2) is 8.53. The number of fused-ring (bicyclic) bond motifs is 1. The van der Waals surface area contributed by atoms with E-state index in [1.165, 1.54) is 0 Å². The summed E-state index contributed by atoms with van der Waals surface area (Å²) in [5.74, 6) is 0.822. The first-order valence-corrected chi connectivity index (χ1v) is 8.70. The van der Waals surface area contributed by atoms with E-state index in [0.29, 0.717) is 19.6 Å². The zero-order valence-electron chi connectivity index (χ0n) is 14.2. The highest BCUT2D eigenvalue weighted by Gasteiger charge is 2.23. The molecule has 0 aliphatic carbocycles. The van der Waals surface area contributed by atoms with Crippen LogP contribution in [0.4, 0.5) is 5.69 Å². The lowest BCUT2D eigenvalue weighted by atomic mass is 10.0. The monoisotopic (exact) mass is 340 g/mol. The first-order chi connectivity index (χ1) is 12.3. The highest BCUT2D eigenvalue weighted by atomic mass is 16.5. The highest BCUT2D eigenvalue weighted by Crippen LogP contribution is 2.31. The number of nitrogens with zero attached hydrogens (tertiary/aromatic N) is 1. The topological polar surface area (TPSA) is 61.8 Å². The summed E-state index contributed by atoms with van der Waals surface area (Å²) in [5.41, 5.74) is 2.02. The molecule has 25 heavy (non-hydrogen) atoms. The second-order valence-corrected chi connectivity index (χ2v) is 6.13. The molecular formula is C20H24N2O3. The number of carbonyl (C=O) groups is 1. The van der Waals surface area contributed by atoms with E-state index in [9.17, 15) is 4.79 Å². The number of aliphatic hydroxyl groups excluding tert-OH is 1. The lowest BCUT2D eigenvalue weighted by Gasteiger charge is -2.29. The van der Waals surface area contributed by atoms with E-state index in [4.69, 9.17) is 9.84 Å². The van der Waals surface area contributed by atoms with Crippen molar-refractivity contribution < 1.29 is 14.6 Å². The summed E-state index contributed by atoms with van der Waals surface area (Å²) >= 11 is 0. The average molecular weight is 340 g/mol. The van der Waals surface area contributed by atoms with Gasteiger partial charge in [-0.2, -0.15) is 0 Å². The minimum Gasteiger partial charge on any atom is -0.493 e. The van der Waals surface area contributed by atoms with Gasteiger partial charge in [-0.3, -0.25) is 4.79 Å². The van der Waals surface area contributed by atoms with Crippen LogP contribution in [0.25, 0.3) is 0 Å². The molecule has 132 valence electrons. The molecule has 0 saturated heterocycles. The molecule has 0 saturated carbocycles. The Morgan fingerprint density at radius 1 is 1.16 bits per heavy atom. The molecule has 1 aliphatic rings. The molecular weight excluding hydrogens is 316 g/mol. The van der Waals surface area contributed by atoms with Crippen LogP contribution in [0.3, 0.4) is 0 Å². The highest BCUT2D eigenvalue weighted by molar-refractivity contribution is 5.82. The molecule has 0 radical (unpaired) electrons. The van der Waals surface area contributed by atoms with Crippen LogP contribution in [0.1, 0.15) is 24.4 Å². The molecule has 3 rings (SSSR count). The number of carbonyl (C=O) groups excluding carboxylic acids is 1. The van der Waals surface area contributed by atoms with Crippen molar-refractivity contribution in [2.75, 3.05) is 31.2 Å². The maximum absolute atomic E-state index is 12.6. The Balaban J connectivity index is 1.66. The predicted octanol–water partition coefficient (Wildman–Crippen LogP) is 2.52. The summed E-state index contributed by atoms with van der Waals surface area (Å²) in [5, 5.41) is 12.3. The number of rotatable bonds is 7. The Morgan fingerprint density at radius 2 is 1.92 bits per heavy atom. The van der Waals surface area contributed by atoms with Gasteiger partial charge in [0.2, 0.25) is 5.91 Å². The van der Waals surface area contributed by atoms with Gasteiger partial charge in [0.15, 0.2) is 0 Å². The lowest BCUT2D eigenvalue weighted by Crippen LogP contribution is -2.40. The summed E-state index contributed by atoms with van der Waals surface area (Å²) in [6, 6.07) is 17.6. The molecule has 5 nitrogen and oxygen atoms in total. The van der Waals surface area contributed by atoms with Crippen LogP contribution in [0.15, 0.2) is 54.6 Å². The third-order valence-corrected chi connectivity index (χ3v) is 4.34. The number of aliphatic hydroxyl groups is 1. The Labute approximate surface area is 148 Å². The van der Waals surface area contributed by atoms with E-state index >= 15 is 0 Å². The number of amides is 1. The first kappa shape index (κ1) is 17.3. The Hall–Kier alpha value is -2.53. The molecule has 1 atom stereocenters. The van der Waals surface area contributed by atoms with Crippen molar-refractivity contribution >= 4 is 11.6 Å². The summed E-state index contributed by atoms with van der Waals surface area (Å²) < 4.78 is 5.65. The van der Waals surface area contributed by atoms with Gasteiger partial charge in [0.25, 0.3) is 0 Å². The minimum absolute atomic E-state index is 0.0204. The van der Waals surface area contributed by atoms with Gasteiger partial charge >= 0.3 is 0 Å². The van der Waals surface area contributed by atoms with Gasteiger partial charge in [0, 0.05) is 30.8 Å². The quantitative estimate of drug-likeness (QED) is 0.813. The SMILES string of the molecule is O=C(CN(CCCO)c1ccccc1)NC1CCOc2ccccc21. The predicted molar refractivity (Wildman–Crippen MR) is 97.8 cm³/mol. The smallest absolute Gasteiger partial charge is 0.240 e. The van der Waals surface area contributed by atoms with Crippen molar-refractivity contribution in [1.29, 1.82) is 0 Å². The molecule has 1 unspecified atom stereocenters. The van der Waals surface area contributed by atoms with Gasteiger partial charge in [-0.25, -0.2) is 0 Å². The normalized spacial score (nSPS) is 15.8. The van der Waals surface area contributed by atoms with Gasteiger partial charge < -0.3 is 20.1 Å². The lowest BCUT2D eigenvalue weighted by molar-refractivity contribution is -0.120. The Kier molecular flexibility index (Phi) is 5.90. The first-order valence-electron chi connectivity index (χ1n) is 8.70. The summed E-state index contributed by atoms with van der Waals surface area (Å²) in [6.45, 7) is 1.62. The number of benzene rings is 2. The fourth-order valence-corrected chi connectivity index (χ4v) is 3.11. The third kappa shape index (κ3) is 4.51. The summed E-state index contributed by atoms with van der Waals surface area (Å²) in [4.78, 5) is 14.6. The van der Waals surface area contributed by atoms with Gasteiger partial charge in [0.05, 0.1) is 19.2 Å². The van der Waals surface area contributed by atoms with Crippen molar-refractivity contribution in [2.24, 2.45) is 0 Å². The van der Waals surface area contributed by atoms with Crippen LogP contribution in [-0.2, 0) is 4.79 Å². The molecule has 0 spiro atoms. The van der Waals surface area contributed by atoms with Crippen molar-refractivity contribution in [3.63, 3.8) is 0 Å². The average Bonchev–Trinajstić information content (AvgIpc) is 2.66. The number of nitrogens with one attached hydrogen (secondary N) is 1. The molecule has 5 heteroatoms. The zero-order chi connectivity index (χ0) is 17.5. The van der Waals surface area contributed by atoms with E-state index in [2.05, 4.69) is 5.32 Å². The molecule has 2 aromatic rings. The minimum atomic E-state index is -0.0245. The largest absolute Gasteiger partial charge is 0.493 e. The number of ether oxygens (including phenoxy) is 1. The van der Waals surface area contributed by atoms with Crippen LogP contribution in [0.2, 0.25) is 0 Å². The number of hydrogen-bond donors (Lipinski definition) is 2. The molecule has 1 heterocycles. The standard InChI is InChI=1S/C20H24N2O3/c23-13-6-12-22(16-7-2-1-3-8-16)15-20(24)21-18-11-14-25-19-10-5-4-9-17(18)19/h1-5,7-10,18,23H,6,11-15H2,(H,21,24). The van der Waals surface area contributed by atoms with Crippen molar-refractivity contribution in [2.45, 2.75) is 18.9 Å². The fraction of sp³-hybridized carbons (Fsp3) is 0.350. The van der Waals surface area contributed by atoms with Crippen LogP contribution in [-0.4, -0.2) is 37.3 Å². The maximum Gasteiger partial charge on any atom is 0.240 e. The maximum atomic E-state index is 12.6. The van der Waals surface area contributed by atoms with Crippen molar-refractivity contribution in [3.05, 3.63) is 60.2 Å². The van der Waals surface area contributed by atoms with Crippen molar-refractivity contribution in [1.82, 2.24) is 5.32 Å². The van der Waals surface area contributed by atoms with Crippen LogP contribution < -0.4 is 15.0 Å². The third-order valence-electron chi connectivity index (χ3n) is 4.34. The van der Waals surface area contributed by atoms with Gasteiger partial charge in [-0.15, -0.1) is 0 Å². The van der Waals surface area contributed by atoms with Crippen molar-refractivity contribution in [3.8, 4) is 5.75 Å². The second-order valence-electron chi connectivity index (χ2n) is 6.13. The molecule has 0 bridgehead atoms. The van der Waals surface area contributed by atoms with Crippen LogP contribution in [0, 0.1) is 0 Å². The number of hydrogen-bond acceptors (Lipinski definition) is 4. The zero-order valence-corrected chi connectivity index (χ0v) is 14.2. The van der Waals surface area contributed by atoms with E-state index in [0.717, 1.165) is 23.4 Å². The van der Waals surface area contributed by atoms with E-state index < -0.39 is 0 Å². The molecule has 0 fully saturated rings.